The summed E-state index contributed by atoms with van der Waals surface area (Å²) < 4.78 is 0. The summed E-state index contributed by atoms with van der Waals surface area (Å²) in [4.78, 5) is 13.7. The number of nitrogens with zero attached hydrogens (tertiary/aromatic N) is 1. The summed E-state index contributed by atoms with van der Waals surface area (Å²) in [5, 5.41) is 0.231. The Kier molecular flexibility index (Phi) is 11.5. The Labute approximate surface area is 112 Å². The fourth-order valence-corrected chi connectivity index (χ4v) is 1.90. The summed E-state index contributed by atoms with van der Waals surface area (Å²) in [6, 6.07) is 0. The van der Waals surface area contributed by atoms with Gasteiger partial charge in [0.2, 0.25) is 0 Å². The number of carbonyl (C=O) groups excluding carboxylic acids is 1. The molecule has 0 saturated carbocycles. The zero-order valence-electron chi connectivity index (χ0n) is 10.4. The van der Waals surface area contributed by atoms with E-state index in [4.69, 9.17) is 0 Å². The standard InChI is InChI=1S/C11H23NOS.Pd/c1-6-14-11(13)12(7-9(2)3)8-10(4)5;/h9-10H,6-8H2,1-5H3;. The molecule has 0 radical (unpaired) electrons. The van der Waals surface area contributed by atoms with Crippen LogP contribution in [0.3, 0.4) is 0 Å². The van der Waals surface area contributed by atoms with Gasteiger partial charge >= 0.3 is 0 Å². The van der Waals surface area contributed by atoms with E-state index in [1.165, 1.54) is 11.8 Å². The van der Waals surface area contributed by atoms with Crippen molar-refractivity contribution in [2.24, 2.45) is 11.8 Å². The zero-order chi connectivity index (χ0) is 11.1. The Bertz CT molecular complexity index is 164. The topological polar surface area (TPSA) is 20.3 Å². The van der Waals surface area contributed by atoms with E-state index >= 15 is 0 Å². The quantitative estimate of drug-likeness (QED) is 0.722. The van der Waals surface area contributed by atoms with Crippen LogP contribution in [0, 0.1) is 11.8 Å². The Morgan fingerprint density at radius 1 is 1.13 bits per heavy atom. The van der Waals surface area contributed by atoms with E-state index in [9.17, 15) is 4.79 Å². The molecule has 0 aromatic heterocycles. The normalized spacial score (nSPS) is 10.3. The molecule has 0 aliphatic carbocycles. The average molecular weight is 324 g/mol. The molecule has 0 aliphatic rings. The molecule has 0 unspecified atom stereocenters. The molecule has 94 valence electrons. The van der Waals surface area contributed by atoms with E-state index in [2.05, 4.69) is 27.7 Å². The van der Waals surface area contributed by atoms with Crippen LogP contribution >= 0.6 is 11.8 Å². The molecule has 15 heavy (non-hydrogen) atoms. The predicted molar refractivity (Wildman–Crippen MR) is 64.8 cm³/mol. The van der Waals surface area contributed by atoms with Gasteiger partial charge in [-0.3, -0.25) is 4.79 Å². The van der Waals surface area contributed by atoms with E-state index in [-0.39, 0.29) is 25.7 Å². The summed E-state index contributed by atoms with van der Waals surface area (Å²) in [6.07, 6.45) is 0. The maximum absolute atomic E-state index is 11.7. The van der Waals surface area contributed by atoms with Crippen molar-refractivity contribution in [3.63, 3.8) is 0 Å². The molecule has 2 nitrogen and oxygen atoms in total. The van der Waals surface area contributed by atoms with E-state index in [0.717, 1.165) is 18.8 Å². The molecule has 0 fully saturated rings. The van der Waals surface area contributed by atoms with Crippen LogP contribution in [0.2, 0.25) is 0 Å². The van der Waals surface area contributed by atoms with Gasteiger partial charge in [-0.2, -0.15) is 0 Å². The number of amides is 1. The van der Waals surface area contributed by atoms with Gasteiger partial charge in [0, 0.05) is 33.5 Å². The molecule has 0 rings (SSSR count). The Morgan fingerprint density at radius 3 is 1.80 bits per heavy atom. The molecule has 0 saturated heterocycles. The SMILES string of the molecule is CCSC(=O)N(CC(C)C)CC(C)C.[Pd]. The van der Waals surface area contributed by atoms with E-state index < -0.39 is 0 Å². The molecule has 0 heterocycles. The number of hydrogen-bond donors (Lipinski definition) is 0. The van der Waals surface area contributed by atoms with Crippen LogP contribution in [-0.4, -0.2) is 29.0 Å². The number of rotatable bonds is 5. The van der Waals surface area contributed by atoms with Crippen LogP contribution in [0.5, 0.6) is 0 Å². The smallest absolute Gasteiger partial charge is 0.281 e. The number of hydrogen-bond acceptors (Lipinski definition) is 2. The summed E-state index contributed by atoms with van der Waals surface area (Å²) in [7, 11) is 0. The van der Waals surface area contributed by atoms with Gasteiger partial charge in [-0.05, 0) is 17.6 Å². The molecule has 0 aliphatic heterocycles. The molecule has 0 spiro atoms. The first-order valence-corrected chi connectivity index (χ1v) is 6.37. The van der Waals surface area contributed by atoms with Gasteiger partial charge in [0.25, 0.3) is 5.24 Å². The second-order valence-electron chi connectivity index (χ2n) is 4.39. The summed E-state index contributed by atoms with van der Waals surface area (Å²) in [6.45, 7) is 12.4. The van der Waals surface area contributed by atoms with Gasteiger partial charge in [0.1, 0.15) is 0 Å². The summed E-state index contributed by atoms with van der Waals surface area (Å²) in [5.74, 6) is 1.97. The van der Waals surface area contributed by atoms with Crippen LogP contribution in [0.4, 0.5) is 4.79 Å². The van der Waals surface area contributed by atoms with Crippen molar-refractivity contribution in [1.29, 1.82) is 0 Å². The first-order chi connectivity index (χ1) is 6.47. The fraction of sp³-hybridized carbons (Fsp3) is 0.909. The minimum Gasteiger partial charge on any atom is -0.333 e. The van der Waals surface area contributed by atoms with Gasteiger partial charge in [-0.25, -0.2) is 0 Å². The Balaban J connectivity index is 0. The maximum Gasteiger partial charge on any atom is 0.281 e. The van der Waals surface area contributed by atoms with Crippen molar-refractivity contribution in [3.05, 3.63) is 0 Å². The summed E-state index contributed by atoms with van der Waals surface area (Å²) >= 11 is 1.41. The van der Waals surface area contributed by atoms with Crippen LogP contribution < -0.4 is 0 Å². The van der Waals surface area contributed by atoms with Crippen molar-refractivity contribution in [2.75, 3.05) is 18.8 Å². The van der Waals surface area contributed by atoms with Crippen molar-refractivity contribution >= 4 is 17.0 Å². The third-order valence-electron chi connectivity index (χ3n) is 1.70. The molecule has 0 atom stereocenters. The minimum absolute atomic E-state index is 0. The molecule has 0 N–H and O–H groups in total. The molecule has 0 bridgehead atoms. The number of carbonyl (C=O) groups is 1. The zero-order valence-corrected chi connectivity index (χ0v) is 12.7. The molecule has 1 amide bonds. The first-order valence-electron chi connectivity index (χ1n) is 5.39. The van der Waals surface area contributed by atoms with Gasteiger partial charge < -0.3 is 4.90 Å². The molecular formula is C11H23NOPdS. The molecule has 4 heteroatoms. The second-order valence-corrected chi connectivity index (χ2v) is 5.61. The Morgan fingerprint density at radius 2 is 1.53 bits per heavy atom. The van der Waals surface area contributed by atoms with Gasteiger partial charge in [0.15, 0.2) is 0 Å². The van der Waals surface area contributed by atoms with Crippen LogP contribution in [0.25, 0.3) is 0 Å². The largest absolute Gasteiger partial charge is 0.333 e. The predicted octanol–water partition coefficient (Wildman–Crippen LogP) is 3.47. The van der Waals surface area contributed by atoms with E-state index in [0.29, 0.717) is 11.8 Å². The second kappa shape index (κ2) is 9.69. The molecule has 0 aromatic carbocycles. The van der Waals surface area contributed by atoms with Gasteiger partial charge in [-0.15, -0.1) is 0 Å². The van der Waals surface area contributed by atoms with E-state index in [1.54, 1.807) is 0 Å². The van der Waals surface area contributed by atoms with Gasteiger partial charge in [-0.1, -0.05) is 46.4 Å². The first kappa shape index (κ1) is 17.9. The van der Waals surface area contributed by atoms with E-state index in [1.807, 2.05) is 11.8 Å². The minimum atomic E-state index is 0. The molecule has 0 aromatic rings. The number of thioether (sulfide) groups is 1. The maximum atomic E-state index is 11.7. The molecular weight excluding hydrogens is 301 g/mol. The van der Waals surface area contributed by atoms with Crippen molar-refractivity contribution in [1.82, 2.24) is 4.90 Å². The third kappa shape index (κ3) is 9.41. The monoisotopic (exact) mass is 323 g/mol. The van der Waals surface area contributed by atoms with Crippen molar-refractivity contribution in [3.8, 4) is 0 Å². The van der Waals surface area contributed by atoms with Crippen LogP contribution in [0.15, 0.2) is 0 Å². The third-order valence-corrected chi connectivity index (χ3v) is 2.49. The van der Waals surface area contributed by atoms with Crippen molar-refractivity contribution in [2.45, 2.75) is 34.6 Å². The van der Waals surface area contributed by atoms with Crippen molar-refractivity contribution < 1.29 is 25.2 Å². The van der Waals surface area contributed by atoms with Crippen LogP contribution in [-0.2, 0) is 20.4 Å². The average Bonchev–Trinajstić information content (AvgIpc) is 2.01. The van der Waals surface area contributed by atoms with Gasteiger partial charge in [0.05, 0.1) is 0 Å². The fourth-order valence-electron chi connectivity index (χ4n) is 1.32. The Hall–Kier alpha value is 0.482. The summed E-state index contributed by atoms with van der Waals surface area (Å²) in [5.41, 5.74) is 0. The van der Waals surface area contributed by atoms with Crippen LogP contribution in [0.1, 0.15) is 34.6 Å².